The van der Waals surface area contributed by atoms with Crippen LogP contribution in [0.25, 0.3) is 11.0 Å². The average Bonchev–Trinajstić information content (AvgIpc) is 2.43. The number of nitrogens with zero attached hydrogens (tertiary/aromatic N) is 2. The highest BCUT2D eigenvalue weighted by Gasteiger charge is 2.05. The highest BCUT2D eigenvalue weighted by Crippen LogP contribution is 2.21. The van der Waals surface area contributed by atoms with E-state index in [1.807, 2.05) is 32.1 Å². The monoisotopic (exact) mass is 273 g/mol. The fourth-order valence-electron chi connectivity index (χ4n) is 1.68. The predicted octanol–water partition coefficient (Wildman–Crippen LogP) is 3.85. The molecule has 0 saturated heterocycles. The lowest BCUT2D eigenvalue weighted by Crippen LogP contribution is -2.13. The Hall–Kier alpha value is -1.87. The van der Waals surface area contributed by atoms with Gasteiger partial charge in [-0.05, 0) is 37.1 Å². The van der Waals surface area contributed by atoms with Gasteiger partial charge in [-0.15, -0.1) is 0 Å². The molecule has 98 valence electrons. The fourth-order valence-corrected chi connectivity index (χ4v) is 1.90. The number of benzene rings is 1. The number of nitrogens with one attached hydrogen (secondary N) is 1. The van der Waals surface area contributed by atoms with Crippen LogP contribution in [0.15, 0.2) is 48.5 Å². The van der Waals surface area contributed by atoms with E-state index in [-0.39, 0.29) is 0 Å². The molecule has 19 heavy (non-hydrogen) atoms. The summed E-state index contributed by atoms with van der Waals surface area (Å²) in [6, 6.07) is 3.79. The van der Waals surface area contributed by atoms with Gasteiger partial charge < -0.3 is 5.32 Å². The molecule has 1 aromatic heterocycles. The Bertz CT molecular complexity index is 647. The lowest BCUT2D eigenvalue weighted by molar-refractivity contribution is 0.823. The second-order valence-electron chi connectivity index (χ2n) is 4.29. The molecule has 0 aliphatic heterocycles. The topological polar surface area (TPSA) is 37.8 Å². The maximum Gasteiger partial charge on any atom is 0.0901 e. The van der Waals surface area contributed by atoms with E-state index < -0.39 is 0 Å². The maximum absolute atomic E-state index is 6.25. The number of allylic oxidation sites excluding steroid dienone is 2. The minimum Gasteiger partial charge on any atom is -0.381 e. The predicted molar refractivity (Wildman–Crippen MR) is 80.0 cm³/mol. The molecule has 1 heterocycles. The number of hydrogen-bond acceptors (Lipinski definition) is 3. The van der Waals surface area contributed by atoms with E-state index >= 15 is 0 Å². The largest absolute Gasteiger partial charge is 0.381 e. The summed E-state index contributed by atoms with van der Waals surface area (Å²) in [6.07, 6.45) is 5.35. The van der Waals surface area contributed by atoms with Crippen molar-refractivity contribution in [2.75, 3.05) is 0 Å². The van der Waals surface area contributed by atoms with Crippen molar-refractivity contribution in [3.05, 3.63) is 59.0 Å². The van der Waals surface area contributed by atoms with Gasteiger partial charge >= 0.3 is 0 Å². The van der Waals surface area contributed by atoms with E-state index in [9.17, 15) is 0 Å². The van der Waals surface area contributed by atoms with Gasteiger partial charge in [-0.3, -0.25) is 9.97 Å². The highest BCUT2D eigenvalue weighted by molar-refractivity contribution is 6.32. The van der Waals surface area contributed by atoms with Crippen molar-refractivity contribution in [3.63, 3.8) is 0 Å². The summed E-state index contributed by atoms with van der Waals surface area (Å²) in [7, 11) is 0. The highest BCUT2D eigenvalue weighted by atomic mass is 35.5. The third kappa shape index (κ3) is 3.12. The summed E-state index contributed by atoms with van der Waals surface area (Å²) >= 11 is 6.25. The summed E-state index contributed by atoms with van der Waals surface area (Å²) in [4.78, 5) is 8.50. The standard InChI is InChI=1S/C15H16ClN3/c1-4-10(2)11(3)19-9-12-7-14-15(8-13(12)16)18-6-5-17-14/h4-8,19H,3,9H2,1-2H3/b10-4-. The van der Waals surface area contributed by atoms with Crippen molar-refractivity contribution in [1.82, 2.24) is 15.3 Å². The van der Waals surface area contributed by atoms with E-state index in [1.54, 1.807) is 12.4 Å². The molecule has 2 aromatic rings. The van der Waals surface area contributed by atoms with Crippen molar-refractivity contribution in [1.29, 1.82) is 0 Å². The number of rotatable bonds is 4. The third-order valence-electron chi connectivity index (χ3n) is 3.04. The first-order valence-corrected chi connectivity index (χ1v) is 6.45. The molecule has 0 unspecified atom stereocenters. The van der Waals surface area contributed by atoms with Crippen molar-refractivity contribution in [2.45, 2.75) is 20.4 Å². The molecule has 0 saturated carbocycles. The van der Waals surface area contributed by atoms with Crippen molar-refractivity contribution in [2.24, 2.45) is 0 Å². The van der Waals surface area contributed by atoms with Crippen molar-refractivity contribution in [3.8, 4) is 0 Å². The Balaban J connectivity index is 2.21. The van der Waals surface area contributed by atoms with Crippen molar-refractivity contribution >= 4 is 22.6 Å². The average molecular weight is 274 g/mol. The molecule has 0 spiro atoms. The van der Waals surface area contributed by atoms with Crippen LogP contribution in [0.1, 0.15) is 19.4 Å². The normalized spacial score (nSPS) is 11.6. The lowest BCUT2D eigenvalue weighted by atomic mass is 10.1. The smallest absolute Gasteiger partial charge is 0.0901 e. The Morgan fingerprint density at radius 3 is 2.58 bits per heavy atom. The number of aromatic nitrogens is 2. The second-order valence-corrected chi connectivity index (χ2v) is 4.70. The summed E-state index contributed by atoms with van der Waals surface area (Å²) in [5.41, 5.74) is 4.66. The van der Waals surface area contributed by atoms with Crippen LogP contribution in [0, 0.1) is 0 Å². The minimum atomic E-state index is 0.620. The van der Waals surface area contributed by atoms with Crippen LogP contribution in [-0.2, 0) is 6.54 Å². The molecule has 4 heteroatoms. The number of fused-ring (bicyclic) bond motifs is 1. The van der Waals surface area contributed by atoms with E-state index in [0.29, 0.717) is 11.6 Å². The molecule has 1 aromatic carbocycles. The molecule has 0 amide bonds. The molecule has 0 atom stereocenters. The molecule has 2 rings (SSSR count). The summed E-state index contributed by atoms with van der Waals surface area (Å²) in [5.74, 6) is 0. The SMILES string of the molecule is C=C(NCc1cc2nccnc2cc1Cl)/C(C)=C\C. The number of halogens is 1. The van der Waals surface area contributed by atoms with Gasteiger partial charge in [0.15, 0.2) is 0 Å². The summed E-state index contributed by atoms with van der Waals surface area (Å²) in [6.45, 7) is 8.61. The van der Waals surface area contributed by atoms with Crippen LogP contribution in [0.4, 0.5) is 0 Å². The first-order valence-electron chi connectivity index (χ1n) is 6.07. The van der Waals surface area contributed by atoms with Crippen LogP contribution < -0.4 is 5.32 Å². The lowest BCUT2D eigenvalue weighted by Gasteiger charge is -2.11. The minimum absolute atomic E-state index is 0.620. The Labute approximate surface area is 118 Å². The molecular weight excluding hydrogens is 258 g/mol. The Kier molecular flexibility index (Phi) is 4.17. The molecule has 0 aliphatic carbocycles. The third-order valence-corrected chi connectivity index (χ3v) is 3.39. The van der Waals surface area contributed by atoms with Gasteiger partial charge in [0.25, 0.3) is 0 Å². The van der Waals surface area contributed by atoms with Gasteiger partial charge in [0, 0.05) is 29.7 Å². The van der Waals surface area contributed by atoms with Crippen LogP contribution in [0.5, 0.6) is 0 Å². The van der Waals surface area contributed by atoms with E-state index in [4.69, 9.17) is 11.6 Å². The molecule has 0 radical (unpaired) electrons. The van der Waals surface area contributed by atoms with Gasteiger partial charge in [0.1, 0.15) is 0 Å². The van der Waals surface area contributed by atoms with Gasteiger partial charge in [-0.1, -0.05) is 24.3 Å². The van der Waals surface area contributed by atoms with Crippen LogP contribution in [0.3, 0.4) is 0 Å². The zero-order valence-electron chi connectivity index (χ0n) is 11.1. The zero-order valence-corrected chi connectivity index (χ0v) is 11.8. The zero-order chi connectivity index (χ0) is 13.8. The first-order chi connectivity index (χ1) is 9.11. The molecule has 0 fully saturated rings. The van der Waals surface area contributed by atoms with Crippen LogP contribution in [-0.4, -0.2) is 9.97 Å². The molecular formula is C15H16ClN3. The molecule has 3 nitrogen and oxygen atoms in total. The van der Waals surface area contributed by atoms with E-state index in [1.165, 1.54) is 0 Å². The van der Waals surface area contributed by atoms with Gasteiger partial charge in [0.05, 0.1) is 11.0 Å². The van der Waals surface area contributed by atoms with Crippen LogP contribution >= 0.6 is 11.6 Å². The Morgan fingerprint density at radius 1 is 1.32 bits per heavy atom. The molecule has 1 N–H and O–H groups in total. The summed E-state index contributed by atoms with van der Waals surface area (Å²) < 4.78 is 0. The van der Waals surface area contributed by atoms with E-state index in [2.05, 4.69) is 21.9 Å². The van der Waals surface area contributed by atoms with E-state index in [0.717, 1.165) is 27.9 Å². The fraction of sp³-hybridized carbons (Fsp3) is 0.200. The Morgan fingerprint density at radius 2 is 1.95 bits per heavy atom. The molecule has 0 bridgehead atoms. The summed E-state index contributed by atoms with van der Waals surface area (Å²) in [5, 5.41) is 3.95. The van der Waals surface area contributed by atoms with Gasteiger partial charge in [-0.25, -0.2) is 0 Å². The van der Waals surface area contributed by atoms with Gasteiger partial charge in [0.2, 0.25) is 0 Å². The van der Waals surface area contributed by atoms with Crippen molar-refractivity contribution < 1.29 is 0 Å². The maximum atomic E-state index is 6.25. The van der Waals surface area contributed by atoms with Crippen LogP contribution in [0.2, 0.25) is 5.02 Å². The quantitative estimate of drug-likeness (QED) is 0.860. The van der Waals surface area contributed by atoms with Gasteiger partial charge in [-0.2, -0.15) is 0 Å². The first kappa shape index (κ1) is 13.6. The molecule has 0 aliphatic rings. The second kappa shape index (κ2) is 5.85. The number of hydrogen-bond donors (Lipinski definition) is 1.